The van der Waals surface area contributed by atoms with E-state index < -0.39 is 17.4 Å². The molecule has 3 aromatic rings. The van der Waals surface area contributed by atoms with Gasteiger partial charge in [-0.25, -0.2) is 4.98 Å². The molecule has 138 valence electrons. The molecule has 3 rings (SSSR count). The number of nitrogens with zero attached hydrogens (tertiary/aromatic N) is 3. The fraction of sp³-hybridized carbons (Fsp3) is 0.158. The number of hydrogen-bond acceptors (Lipinski definition) is 5. The number of nitrogens with one attached hydrogen (secondary N) is 2. The van der Waals surface area contributed by atoms with E-state index in [4.69, 9.17) is 0 Å². The average Bonchev–Trinajstić information content (AvgIpc) is 2.68. The van der Waals surface area contributed by atoms with Gasteiger partial charge in [0.25, 0.3) is 17.4 Å². The molecule has 0 bridgehead atoms. The molecule has 0 saturated carbocycles. The van der Waals surface area contributed by atoms with Crippen LogP contribution in [0, 0.1) is 0 Å². The third-order valence-corrected chi connectivity index (χ3v) is 3.99. The van der Waals surface area contributed by atoms with Gasteiger partial charge >= 0.3 is 0 Å². The molecule has 8 heteroatoms. The first-order chi connectivity index (χ1) is 13.0. The van der Waals surface area contributed by atoms with Crippen molar-refractivity contribution in [3.63, 3.8) is 0 Å². The molecule has 0 fully saturated rings. The molecule has 0 radical (unpaired) electrons. The molecule has 2 N–H and O–H groups in total. The minimum absolute atomic E-state index is 0.236. The molecule has 0 aliphatic carbocycles. The van der Waals surface area contributed by atoms with Gasteiger partial charge < -0.3 is 4.90 Å². The number of aromatic nitrogens is 2. The maximum Gasteiger partial charge on any atom is 0.269 e. The van der Waals surface area contributed by atoms with Crippen LogP contribution in [0.4, 0.5) is 5.69 Å². The third kappa shape index (κ3) is 4.12. The minimum Gasteiger partial charge on any atom is -0.378 e. The van der Waals surface area contributed by atoms with E-state index in [1.54, 1.807) is 42.5 Å². The van der Waals surface area contributed by atoms with Gasteiger partial charge in [0.05, 0.1) is 17.2 Å². The molecule has 0 saturated heterocycles. The zero-order valence-corrected chi connectivity index (χ0v) is 15.0. The fourth-order valence-corrected chi connectivity index (χ4v) is 2.58. The molecule has 0 aliphatic heterocycles. The maximum atomic E-state index is 12.2. The summed E-state index contributed by atoms with van der Waals surface area (Å²) in [6.45, 7) is -0.236. The SMILES string of the molecule is CN(C)c1cccc(C(=O)NNC(=O)Cn2c(=O)cnc3ccccc32)c1. The lowest BCUT2D eigenvalue weighted by molar-refractivity contribution is -0.122. The van der Waals surface area contributed by atoms with Crippen LogP contribution >= 0.6 is 0 Å². The van der Waals surface area contributed by atoms with Gasteiger partial charge in [-0.2, -0.15) is 0 Å². The molecule has 1 heterocycles. The van der Waals surface area contributed by atoms with E-state index in [2.05, 4.69) is 15.8 Å². The predicted molar refractivity (Wildman–Crippen MR) is 102 cm³/mol. The van der Waals surface area contributed by atoms with Crippen LogP contribution in [0.15, 0.2) is 59.5 Å². The van der Waals surface area contributed by atoms with Crippen LogP contribution < -0.4 is 21.3 Å². The van der Waals surface area contributed by atoms with E-state index in [1.165, 1.54) is 10.8 Å². The Balaban J connectivity index is 1.69. The van der Waals surface area contributed by atoms with Crippen molar-refractivity contribution < 1.29 is 9.59 Å². The Morgan fingerprint density at radius 2 is 1.85 bits per heavy atom. The second-order valence-electron chi connectivity index (χ2n) is 6.12. The summed E-state index contributed by atoms with van der Waals surface area (Å²) in [6, 6.07) is 14.0. The number of carbonyl (C=O) groups is 2. The molecule has 2 aromatic carbocycles. The highest BCUT2D eigenvalue weighted by atomic mass is 16.2. The van der Waals surface area contributed by atoms with Crippen LogP contribution in [0.5, 0.6) is 0 Å². The van der Waals surface area contributed by atoms with Crippen LogP contribution in [0.1, 0.15) is 10.4 Å². The number of hydrogen-bond donors (Lipinski definition) is 2. The predicted octanol–water partition coefficient (Wildman–Crippen LogP) is 0.924. The molecule has 0 spiro atoms. The molecular formula is C19H19N5O3. The zero-order valence-electron chi connectivity index (χ0n) is 15.0. The number of para-hydroxylation sites is 2. The topological polar surface area (TPSA) is 96.3 Å². The van der Waals surface area contributed by atoms with Crippen molar-refractivity contribution in [3.05, 3.63) is 70.6 Å². The summed E-state index contributed by atoms with van der Waals surface area (Å²) in [4.78, 5) is 42.4. The highest BCUT2D eigenvalue weighted by Crippen LogP contribution is 2.13. The highest BCUT2D eigenvalue weighted by molar-refractivity contribution is 5.96. The van der Waals surface area contributed by atoms with Crippen LogP contribution in [-0.2, 0) is 11.3 Å². The highest BCUT2D eigenvalue weighted by Gasteiger charge is 2.11. The van der Waals surface area contributed by atoms with Crippen LogP contribution in [0.3, 0.4) is 0 Å². The van der Waals surface area contributed by atoms with Crippen LogP contribution in [0.2, 0.25) is 0 Å². The van der Waals surface area contributed by atoms with E-state index in [0.29, 0.717) is 16.6 Å². The Morgan fingerprint density at radius 1 is 1.07 bits per heavy atom. The first kappa shape index (κ1) is 18.1. The Hall–Kier alpha value is -3.68. The molecule has 27 heavy (non-hydrogen) atoms. The number of amides is 2. The molecule has 1 aromatic heterocycles. The zero-order chi connectivity index (χ0) is 19.4. The fourth-order valence-electron chi connectivity index (χ4n) is 2.58. The number of hydrazine groups is 1. The number of carbonyl (C=O) groups excluding carboxylic acids is 2. The van der Waals surface area contributed by atoms with Crippen molar-refractivity contribution in [2.45, 2.75) is 6.54 Å². The lowest BCUT2D eigenvalue weighted by Gasteiger charge is -2.14. The second-order valence-corrected chi connectivity index (χ2v) is 6.12. The quantitative estimate of drug-likeness (QED) is 0.671. The van der Waals surface area contributed by atoms with Gasteiger partial charge in [-0.1, -0.05) is 18.2 Å². The number of fused-ring (bicyclic) bond motifs is 1. The number of rotatable bonds is 4. The summed E-state index contributed by atoms with van der Waals surface area (Å²) >= 11 is 0. The molecule has 2 amide bonds. The molecule has 8 nitrogen and oxygen atoms in total. The first-order valence-corrected chi connectivity index (χ1v) is 8.27. The van der Waals surface area contributed by atoms with Gasteiger partial charge in [-0.3, -0.25) is 29.8 Å². The van der Waals surface area contributed by atoms with Gasteiger partial charge in [-0.05, 0) is 30.3 Å². The summed E-state index contributed by atoms with van der Waals surface area (Å²) in [5, 5.41) is 0. The summed E-state index contributed by atoms with van der Waals surface area (Å²) in [6.07, 6.45) is 1.17. The monoisotopic (exact) mass is 365 g/mol. The largest absolute Gasteiger partial charge is 0.378 e. The van der Waals surface area contributed by atoms with Crippen LogP contribution in [0.25, 0.3) is 11.0 Å². The van der Waals surface area contributed by atoms with Gasteiger partial charge in [-0.15, -0.1) is 0 Å². The Bertz CT molecular complexity index is 1060. The smallest absolute Gasteiger partial charge is 0.269 e. The van der Waals surface area contributed by atoms with E-state index in [1.807, 2.05) is 25.1 Å². The Kier molecular flexibility index (Phi) is 5.16. The van der Waals surface area contributed by atoms with E-state index >= 15 is 0 Å². The maximum absolute atomic E-state index is 12.2. The molecule has 0 aliphatic rings. The average molecular weight is 365 g/mol. The summed E-state index contributed by atoms with van der Waals surface area (Å²) in [7, 11) is 3.74. The first-order valence-electron chi connectivity index (χ1n) is 8.27. The van der Waals surface area contributed by atoms with E-state index in [9.17, 15) is 14.4 Å². The molecule has 0 unspecified atom stereocenters. The molecular weight excluding hydrogens is 346 g/mol. The standard InChI is InChI=1S/C19H19N5O3/c1-23(2)14-7-5-6-13(10-14)19(27)22-21-17(25)12-24-16-9-4-3-8-15(16)20-11-18(24)26/h3-11H,12H2,1-2H3,(H,21,25)(H,22,27). The van der Waals surface area contributed by atoms with Crippen molar-refractivity contribution in [2.75, 3.05) is 19.0 Å². The van der Waals surface area contributed by atoms with Gasteiger partial charge in [0, 0.05) is 25.3 Å². The van der Waals surface area contributed by atoms with E-state index in [-0.39, 0.29) is 6.54 Å². The summed E-state index contributed by atoms with van der Waals surface area (Å²) < 4.78 is 1.30. The normalized spacial score (nSPS) is 10.4. The van der Waals surface area contributed by atoms with Crippen molar-refractivity contribution in [3.8, 4) is 0 Å². The van der Waals surface area contributed by atoms with Gasteiger partial charge in [0.15, 0.2) is 0 Å². The summed E-state index contributed by atoms with van der Waals surface area (Å²) in [5.74, 6) is -0.968. The molecule has 0 atom stereocenters. The lowest BCUT2D eigenvalue weighted by atomic mass is 10.2. The lowest BCUT2D eigenvalue weighted by Crippen LogP contribution is -2.44. The van der Waals surface area contributed by atoms with E-state index in [0.717, 1.165) is 5.69 Å². The Labute approximate surface area is 155 Å². The number of benzene rings is 2. The Morgan fingerprint density at radius 3 is 2.63 bits per heavy atom. The minimum atomic E-state index is -0.523. The number of anilines is 1. The second kappa shape index (κ2) is 7.69. The van der Waals surface area contributed by atoms with Gasteiger partial charge in [0.2, 0.25) is 0 Å². The van der Waals surface area contributed by atoms with Crippen molar-refractivity contribution in [1.29, 1.82) is 0 Å². The summed E-state index contributed by atoms with van der Waals surface area (Å²) in [5.41, 5.74) is 6.74. The van der Waals surface area contributed by atoms with Gasteiger partial charge in [0.1, 0.15) is 6.54 Å². The van der Waals surface area contributed by atoms with Crippen LogP contribution in [-0.4, -0.2) is 35.5 Å². The third-order valence-electron chi connectivity index (χ3n) is 3.99. The van der Waals surface area contributed by atoms with Crippen molar-refractivity contribution in [1.82, 2.24) is 20.4 Å². The van der Waals surface area contributed by atoms with Crippen molar-refractivity contribution >= 4 is 28.5 Å². The van der Waals surface area contributed by atoms with Crippen molar-refractivity contribution in [2.24, 2.45) is 0 Å².